The number of aryl methyl sites for hydroxylation is 3. The standard InChI is InChI=1S/C17H24N2O2/c1-12-10-13(2)16(14(3)11-12)17(21)19-7-5-6-18(8-9-19)15(4)20/h10-11H,5-9H2,1-4H3. The van der Waals surface area contributed by atoms with E-state index < -0.39 is 0 Å². The zero-order valence-corrected chi connectivity index (χ0v) is 13.4. The van der Waals surface area contributed by atoms with E-state index in [4.69, 9.17) is 0 Å². The lowest BCUT2D eigenvalue weighted by atomic mass is 9.98. The molecule has 0 N–H and O–H groups in total. The van der Waals surface area contributed by atoms with Crippen molar-refractivity contribution >= 4 is 11.8 Å². The van der Waals surface area contributed by atoms with Crippen LogP contribution in [-0.4, -0.2) is 47.8 Å². The van der Waals surface area contributed by atoms with E-state index in [2.05, 4.69) is 12.1 Å². The molecular weight excluding hydrogens is 264 g/mol. The van der Waals surface area contributed by atoms with Crippen molar-refractivity contribution in [1.29, 1.82) is 0 Å². The smallest absolute Gasteiger partial charge is 0.254 e. The van der Waals surface area contributed by atoms with Gasteiger partial charge in [-0.05, 0) is 38.3 Å². The van der Waals surface area contributed by atoms with Crippen LogP contribution in [0.1, 0.15) is 40.4 Å². The highest BCUT2D eigenvalue weighted by Gasteiger charge is 2.23. The summed E-state index contributed by atoms with van der Waals surface area (Å²) in [6.45, 7) is 10.3. The highest BCUT2D eigenvalue weighted by Crippen LogP contribution is 2.19. The van der Waals surface area contributed by atoms with Gasteiger partial charge in [-0.1, -0.05) is 17.7 Å². The molecule has 0 radical (unpaired) electrons. The highest BCUT2D eigenvalue weighted by molar-refractivity contribution is 5.97. The topological polar surface area (TPSA) is 40.6 Å². The van der Waals surface area contributed by atoms with Gasteiger partial charge in [0, 0.05) is 38.7 Å². The second-order valence-corrected chi connectivity index (χ2v) is 5.93. The molecule has 1 aromatic carbocycles. The van der Waals surface area contributed by atoms with E-state index in [9.17, 15) is 9.59 Å². The van der Waals surface area contributed by atoms with Gasteiger partial charge in [-0.15, -0.1) is 0 Å². The molecule has 1 aromatic rings. The Balaban J connectivity index is 2.19. The van der Waals surface area contributed by atoms with Gasteiger partial charge in [0.1, 0.15) is 0 Å². The third kappa shape index (κ3) is 3.43. The van der Waals surface area contributed by atoms with Crippen LogP contribution in [0, 0.1) is 20.8 Å². The summed E-state index contributed by atoms with van der Waals surface area (Å²) < 4.78 is 0. The second-order valence-electron chi connectivity index (χ2n) is 5.93. The molecule has 0 spiro atoms. The zero-order chi connectivity index (χ0) is 15.6. The number of amides is 2. The van der Waals surface area contributed by atoms with Gasteiger partial charge >= 0.3 is 0 Å². The Morgan fingerprint density at radius 3 is 2.00 bits per heavy atom. The highest BCUT2D eigenvalue weighted by atomic mass is 16.2. The summed E-state index contributed by atoms with van der Waals surface area (Å²) in [6.07, 6.45) is 0.843. The van der Waals surface area contributed by atoms with Gasteiger partial charge in [0.05, 0.1) is 0 Å². The van der Waals surface area contributed by atoms with Crippen molar-refractivity contribution in [2.45, 2.75) is 34.1 Å². The molecule has 1 saturated heterocycles. The molecule has 1 aliphatic heterocycles. The predicted octanol–water partition coefficient (Wildman–Crippen LogP) is 2.31. The number of hydrogen-bond acceptors (Lipinski definition) is 2. The molecule has 2 amide bonds. The number of hydrogen-bond donors (Lipinski definition) is 0. The summed E-state index contributed by atoms with van der Waals surface area (Å²) in [5, 5.41) is 0. The first-order valence-corrected chi connectivity index (χ1v) is 7.53. The Bertz CT molecular complexity index is 543. The maximum atomic E-state index is 12.8. The first-order valence-electron chi connectivity index (χ1n) is 7.53. The van der Waals surface area contributed by atoms with E-state index in [1.165, 1.54) is 5.56 Å². The lowest BCUT2D eigenvalue weighted by Gasteiger charge is -2.23. The maximum Gasteiger partial charge on any atom is 0.254 e. The Morgan fingerprint density at radius 1 is 0.905 bits per heavy atom. The molecule has 4 heteroatoms. The van der Waals surface area contributed by atoms with Crippen molar-refractivity contribution < 1.29 is 9.59 Å². The van der Waals surface area contributed by atoms with E-state index in [1.54, 1.807) is 6.92 Å². The van der Waals surface area contributed by atoms with Crippen LogP contribution in [0.4, 0.5) is 0 Å². The summed E-state index contributed by atoms with van der Waals surface area (Å²) in [4.78, 5) is 28.0. The second kappa shape index (κ2) is 6.29. The van der Waals surface area contributed by atoms with Crippen LogP contribution in [0.5, 0.6) is 0 Å². The number of nitrogens with zero attached hydrogens (tertiary/aromatic N) is 2. The summed E-state index contributed by atoms with van der Waals surface area (Å²) in [5.41, 5.74) is 4.06. The van der Waals surface area contributed by atoms with E-state index in [1.807, 2.05) is 30.6 Å². The van der Waals surface area contributed by atoms with Crippen LogP contribution >= 0.6 is 0 Å². The minimum absolute atomic E-state index is 0.0898. The first kappa shape index (κ1) is 15.5. The quantitative estimate of drug-likeness (QED) is 0.795. The van der Waals surface area contributed by atoms with Gasteiger partial charge in [-0.25, -0.2) is 0 Å². The van der Waals surface area contributed by atoms with Gasteiger partial charge < -0.3 is 9.80 Å². The molecule has 0 bridgehead atoms. The molecule has 2 rings (SSSR count). The normalized spacial score (nSPS) is 15.8. The number of rotatable bonds is 1. The fourth-order valence-corrected chi connectivity index (χ4v) is 3.11. The van der Waals surface area contributed by atoms with Crippen molar-refractivity contribution in [2.75, 3.05) is 26.2 Å². The van der Waals surface area contributed by atoms with Crippen LogP contribution in [0.2, 0.25) is 0 Å². The van der Waals surface area contributed by atoms with Crippen molar-refractivity contribution in [3.8, 4) is 0 Å². The average molecular weight is 288 g/mol. The van der Waals surface area contributed by atoms with E-state index in [0.717, 1.165) is 36.2 Å². The van der Waals surface area contributed by atoms with Gasteiger partial charge in [0.25, 0.3) is 5.91 Å². The van der Waals surface area contributed by atoms with E-state index >= 15 is 0 Å². The molecule has 1 aliphatic rings. The van der Waals surface area contributed by atoms with Gasteiger partial charge in [0.15, 0.2) is 0 Å². The van der Waals surface area contributed by atoms with Crippen LogP contribution in [-0.2, 0) is 4.79 Å². The largest absolute Gasteiger partial charge is 0.341 e. The predicted molar refractivity (Wildman–Crippen MR) is 83.4 cm³/mol. The van der Waals surface area contributed by atoms with Crippen molar-refractivity contribution in [3.63, 3.8) is 0 Å². The maximum absolute atomic E-state index is 12.8. The van der Waals surface area contributed by atoms with Crippen LogP contribution in [0.3, 0.4) is 0 Å². The Hall–Kier alpha value is -1.84. The lowest BCUT2D eigenvalue weighted by molar-refractivity contribution is -0.128. The third-order valence-electron chi connectivity index (χ3n) is 4.12. The zero-order valence-electron chi connectivity index (χ0n) is 13.4. The molecule has 0 atom stereocenters. The van der Waals surface area contributed by atoms with Crippen LogP contribution < -0.4 is 0 Å². The van der Waals surface area contributed by atoms with Crippen molar-refractivity contribution in [1.82, 2.24) is 9.80 Å². The fraction of sp³-hybridized carbons (Fsp3) is 0.529. The van der Waals surface area contributed by atoms with Crippen molar-refractivity contribution in [3.05, 3.63) is 34.4 Å². The molecule has 114 valence electrons. The van der Waals surface area contributed by atoms with Gasteiger partial charge in [-0.3, -0.25) is 9.59 Å². The Morgan fingerprint density at radius 2 is 1.43 bits per heavy atom. The SMILES string of the molecule is CC(=O)N1CCCN(C(=O)c2c(C)cc(C)cc2C)CC1. The Labute approximate surface area is 126 Å². The fourth-order valence-electron chi connectivity index (χ4n) is 3.11. The van der Waals surface area contributed by atoms with Crippen molar-refractivity contribution in [2.24, 2.45) is 0 Å². The molecule has 1 heterocycles. The van der Waals surface area contributed by atoms with Gasteiger partial charge in [0.2, 0.25) is 5.91 Å². The molecule has 0 unspecified atom stereocenters. The van der Waals surface area contributed by atoms with Crippen LogP contribution in [0.25, 0.3) is 0 Å². The summed E-state index contributed by atoms with van der Waals surface area (Å²) in [5.74, 6) is 0.183. The molecule has 4 nitrogen and oxygen atoms in total. The molecular formula is C17H24N2O2. The van der Waals surface area contributed by atoms with E-state index in [-0.39, 0.29) is 11.8 Å². The average Bonchev–Trinajstić information content (AvgIpc) is 2.62. The van der Waals surface area contributed by atoms with Crippen LogP contribution in [0.15, 0.2) is 12.1 Å². The summed E-state index contributed by atoms with van der Waals surface area (Å²) >= 11 is 0. The monoisotopic (exact) mass is 288 g/mol. The Kier molecular flexibility index (Phi) is 4.66. The third-order valence-corrected chi connectivity index (χ3v) is 4.12. The minimum atomic E-state index is 0.0898. The van der Waals surface area contributed by atoms with E-state index in [0.29, 0.717) is 13.1 Å². The van der Waals surface area contributed by atoms with Gasteiger partial charge in [-0.2, -0.15) is 0 Å². The first-order chi connectivity index (χ1) is 9.90. The molecule has 21 heavy (non-hydrogen) atoms. The lowest BCUT2D eigenvalue weighted by Crippen LogP contribution is -2.37. The number of benzene rings is 1. The molecule has 1 fully saturated rings. The summed E-state index contributed by atoms with van der Waals surface area (Å²) in [7, 11) is 0. The molecule has 0 saturated carbocycles. The molecule has 0 aliphatic carbocycles. The minimum Gasteiger partial charge on any atom is -0.341 e. The summed E-state index contributed by atoms with van der Waals surface area (Å²) in [6, 6.07) is 4.11. The molecule has 0 aromatic heterocycles. The number of carbonyl (C=O) groups is 2. The number of carbonyl (C=O) groups excluding carboxylic acids is 2.